The average Bonchev–Trinajstić information content (AvgIpc) is 2.77. The van der Waals surface area contributed by atoms with Gasteiger partial charge in [-0.25, -0.2) is 4.98 Å². The first-order chi connectivity index (χ1) is 9.98. The van der Waals surface area contributed by atoms with Crippen molar-refractivity contribution in [1.29, 1.82) is 0 Å². The van der Waals surface area contributed by atoms with E-state index in [1.807, 2.05) is 0 Å². The van der Waals surface area contributed by atoms with Crippen molar-refractivity contribution >= 4 is 28.3 Å². The summed E-state index contributed by atoms with van der Waals surface area (Å²) in [5.41, 5.74) is -0.538. The van der Waals surface area contributed by atoms with Gasteiger partial charge in [-0.3, -0.25) is 9.59 Å². The Balaban J connectivity index is 1.88. The van der Waals surface area contributed by atoms with Crippen LogP contribution in [-0.2, 0) is 4.79 Å². The lowest BCUT2D eigenvalue weighted by molar-refractivity contribution is -0.114. The van der Waals surface area contributed by atoms with E-state index in [1.165, 1.54) is 18.3 Å². The number of nitrogens with zero attached hydrogens (tertiary/aromatic N) is 1. The van der Waals surface area contributed by atoms with Gasteiger partial charge in [0.2, 0.25) is 5.91 Å². The molecule has 0 aliphatic heterocycles. The van der Waals surface area contributed by atoms with Crippen molar-refractivity contribution in [3.8, 4) is 0 Å². The maximum absolute atomic E-state index is 12.0. The second kappa shape index (κ2) is 7.00. The van der Waals surface area contributed by atoms with Crippen LogP contribution in [0, 0.1) is 0 Å². The molecule has 7 heteroatoms. The highest BCUT2D eigenvalue weighted by atomic mass is 32.1. The molecule has 1 aromatic heterocycles. The van der Waals surface area contributed by atoms with E-state index in [9.17, 15) is 14.7 Å². The van der Waals surface area contributed by atoms with Crippen molar-refractivity contribution < 1.29 is 14.7 Å². The first kappa shape index (κ1) is 15.9. The molecule has 116 valence electrons. The third-order valence-corrected chi connectivity index (χ3v) is 4.39. The molecule has 3 N–H and O–H groups in total. The highest BCUT2D eigenvalue weighted by Gasteiger charge is 2.28. The molecule has 2 rings (SSSR count). The molecule has 21 heavy (non-hydrogen) atoms. The van der Waals surface area contributed by atoms with Gasteiger partial charge in [-0.15, -0.1) is 11.3 Å². The van der Waals surface area contributed by atoms with Crippen molar-refractivity contribution in [3.63, 3.8) is 0 Å². The number of carbonyl (C=O) groups excluding carboxylic acids is 2. The van der Waals surface area contributed by atoms with E-state index in [0.717, 1.165) is 38.5 Å². The third kappa shape index (κ3) is 4.78. The van der Waals surface area contributed by atoms with Gasteiger partial charge in [0.25, 0.3) is 5.91 Å². The molecule has 0 atom stereocenters. The Morgan fingerprint density at radius 3 is 2.62 bits per heavy atom. The molecule has 0 radical (unpaired) electrons. The predicted molar refractivity (Wildman–Crippen MR) is 81.4 cm³/mol. The van der Waals surface area contributed by atoms with Crippen LogP contribution in [0.3, 0.4) is 0 Å². The summed E-state index contributed by atoms with van der Waals surface area (Å²) in [5.74, 6) is -0.537. The lowest BCUT2D eigenvalue weighted by Crippen LogP contribution is -2.42. The first-order valence-corrected chi connectivity index (χ1v) is 8.10. The van der Waals surface area contributed by atoms with Gasteiger partial charge in [-0.2, -0.15) is 0 Å². The predicted octanol–water partition coefficient (Wildman–Crippen LogP) is 1.92. The minimum atomic E-state index is -0.803. The Labute approximate surface area is 128 Å². The second-order valence-corrected chi connectivity index (χ2v) is 6.40. The number of anilines is 1. The Kier molecular flexibility index (Phi) is 5.30. The molecule has 1 fully saturated rings. The van der Waals surface area contributed by atoms with Gasteiger partial charge in [-0.1, -0.05) is 25.7 Å². The number of nitrogens with one attached hydrogen (secondary N) is 2. The molecule has 0 saturated heterocycles. The van der Waals surface area contributed by atoms with Crippen molar-refractivity contribution in [2.75, 3.05) is 11.9 Å². The van der Waals surface area contributed by atoms with E-state index in [2.05, 4.69) is 15.6 Å². The maximum atomic E-state index is 12.0. The van der Waals surface area contributed by atoms with Gasteiger partial charge in [0.15, 0.2) is 5.13 Å². The fraction of sp³-hybridized carbons (Fsp3) is 0.643. The van der Waals surface area contributed by atoms with Gasteiger partial charge in [0.05, 0.1) is 5.60 Å². The largest absolute Gasteiger partial charge is 0.388 e. The molecular weight excluding hydrogens is 290 g/mol. The number of aliphatic hydroxyl groups is 1. The van der Waals surface area contributed by atoms with E-state index in [1.54, 1.807) is 5.38 Å². The number of hydrogen-bond donors (Lipinski definition) is 3. The van der Waals surface area contributed by atoms with Crippen molar-refractivity contribution in [1.82, 2.24) is 10.3 Å². The number of rotatable bonds is 4. The molecule has 0 unspecified atom stereocenters. The third-order valence-electron chi connectivity index (χ3n) is 3.63. The lowest BCUT2D eigenvalue weighted by Gasteiger charge is -2.26. The lowest BCUT2D eigenvalue weighted by atomic mass is 9.94. The van der Waals surface area contributed by atoms with Crippen LogP contribution in [0.2, 0.25) is 0 Å². The summed E-state index contributed by atoms with van der Waals surface area (Å²) >= 11 is 1.20. The molecular formula is C14H21N3O3S. The highest BCUT2D eigenvalue weighted by molar-refractivity contribution is 7.14. The SMILES string of the molecule is CC(=O)Nc1nc(C(=O)NCC2(O)CCCCCC2)cs1. The quantitative estimate of drug-likeness (QED) is 0.741. The van der Waals surface area contributed by atoms with E-state index >= 15 is 0 Å². The summed E-state index contributed by atoms with van der Waals surface area (Å²) in [5, 5.41) is 17.8. The van der Waals surface area contributed by atoms with Gasteiger partial charge in [0.1, 0.15) is 5.69 Å². The fourth-order valence-corrected chi connectivity index (χ4v) is 3.22. The van der Waals surface area contributed by atoms with Crippen molar-refractivity contribution in [3.05, 3.63) is 11.1 Å². The Morgan fingerprint density at radius 2 is 2.00 bits per heavy atom. The maximum Gasteiger partial charge on any atom is 0.270 e. The van der Waals surface area contributed by atoms with Crippen molar-refractivity contribution in [2.24, 2.45) is 0 Å². The molecule has 0 bridgehead atoms. The van der Waals surface area contributed by atoms with Crippen LogP contribution in [0.1, 0.15) is 55.9 Å². The fourth-order valence-electron chi connectivity index (χ4n) is 2.48. The normalized spacial score (nSPS) is 17.8. The zero-order valence-electron chi connectivity index (χ0n) is 12.1. The summed E-state index contributed by atoms with van der Waals surface area (Å²) < 4.78 is 0. The van der Waals surface area contributed by atoms with Crippen LogP contribution in [0.25, 0.3) is 0 Å². The van der Waals surface area contributed by atoms with Crippen LogP contribution < -0.4 is 10.6 Å². The van der Waals surface area contributed by atoms with Crippen LogP contribution in [0.15, 0.2) is 5.38 Å². The summed E-state index contributed by atoms with van der Waals surface area (Å²) in [4.78, 5) is 27.0. The van der Waals surface area contributed by atoms with Crippen molar-refractivity contribution in [2.45, 2.75) is 51.0 Å². The van der Waals surface area contributed by atoms with E-state index in [-0.39, 0.29) is 24.1 Å². The monoisotopic (exact) mass is 311 g/mol. The first-order valence-electron chi connectivity index (χ1n) is 7.22. The summed E-state index contributed by atoms with van der Waals surface area (Å²) in [6.45, 7) is 1.64. The molecule has 1 aliphatic rings. The van der Waals surface area contributed by atoms with E-state index in [4.69, 9.17) is 0 Å². The zero-order valence-corrected chi connectivity index (χ0v) is 13.0. The highest BCUT2D eigenvalue weighted by Crippen LogP contribution is 2.26. The number of hydrogen-bond acceptors (Lipinski definition) is 5. The smallest absolute Gasteiger partial charge is 0.270 e. The van der Waals surface area contributed by atoms with Gasteiger partial charge < -0.3 is 15.7 Å². The van der Waals surface area contributed by atoms with Crippen LogP contribution >= 0.6 is 11.3 Å². The van der Waals surface area contributed by atoms with E-state index < -0.39 is 5.60 Å². The van der Waals surface area contributed by atoms with Crippen LogP contribution in [0.4, 0.5) is 5.13 Å². The van der Waals surface area contributed by atoms with E-state index in [0.29, 0.717) is 5.13 Å². The molecule has 6 nitrogen and oxygen atoms in total. The Bertz CT molecular complexity index is 507. The van der Waals surface area contributed by atoms with Gasteiger partial charge >= 0.3 is 0 Å². The van der Waals surface area contributed by atoms with Crippen LogP contribution in [0.5, 0.6) is 0 Å². The Morgan fingerprint density at radius 1 is 1.33 bits per heavy atom. The Hall–Kier alpha value is -1.47. The molecule has 2 amide bonds. The molecule has 1 saturated carbocycles. The van der Waals surface area contributed by atoms with Gasteiger partial charge in [0, 0.05) is 18.8 Å². The molecule has 0 spiro atoms. The summed E-state index contributed by atoms with van der Waals surface area (Å²) in [7, 11) is 0. The number of amides is 2. The summed E-state index contributed by atoms with van der Waals surface area (Å²) in [6, 6.07) is 0. The molecule has 1 aromatic rings. The number of thiazole rings is 1. The second-order valence-electron chi connectivity index (χ2n) is 5.54. The minimum absolute atomic E-state index is 0.218. The zero-order chi connectivity index (χ0) is 15.3. The topological polar surface area (TPSA) is 91.3 Å². The standard InChI is InChI=1S/C14H21N3O3S/c1-10(18)16-13-17-11(8-21-13)12(19)15-9-14(20)6-4-2-3-5-7-14/h8,20H,2-7,9H2,1H3,(H,15,19)(H,16,17,18). The van der Waals surface area contributed by atoms with Crippen LogP contribution in [-0.4, -0.2) is 34.1 Å². The average molecular weight is 311 g/mol. The number of aromatic nitrogens is 1. The van der Waals surface area contributed by atoms with Gasteiger partial charge in [-0.05, 0) is 12.8 Å². The molecule has 0 aromatic carbocycles. The molecule has 1 heterocycles. The minimum Gasteiger partial charge on any atom is -0.388 e. The molecule has 1 aliphatic carbocycles. The number of carbonyl (C=O) groups is 2. The summed E-state index contributed by atoms with van der Waals surface area (Å²) in [6.07, 6.45) is 5.72.